The molecule has 2 fully saturated rings. The second-order valence-corrected chi connectivity index (χ2v) is 9.98. The smallest absolute Gasteiger partial charge is 0.167 e. The summed E-state index contributed by atoms with van der Waals surface area (Å²) in [6.45, 7) is 0.358. The van der Waals surface area contributed by atoms with Crippen molar-refractivity contribution < 1.29 is 20.1 Å². The molecular weight excluding hydrogens is 462 g/mol. The average Bonchev–Trinajstić information content (AvgIpc) is 3.03. The van der Waals surface area contributed by atoms with Gasteiger partial charge >= 0.3 is 0 Å². The molecule has 11 heteroatoms. The number of fused-ring (bicyclic) bond motifs is 1. The lowest BCUT2D eigenvalue weighted by atomic mass is 10.1. The van der Waals surface area contributed by atoms with Crippen LogP contribution in [0, 0.1) is 0 Å². The van der Waals surface area contributed by atoms with Gasteiger partial charge in [-0.05, 0) is 40.9 Å². The highest BCUT2D eigenvalue weighted by Crippen LogP contribution is 2.51. The number of nitrogens with zero attached hydrogens (tertiary/aromatic N) is 4. The van der Waals surface area contributed by atoms with E-state index in [0.717, 1.165) is 23.2 Å². The Morgan fingerprint density at radius 3 is 2.72 bits per heavy atom. The van der Waals surface area contributed by atoms with Crippen LogP contribution in [-0.4, -0.2) is 66.3 Å². The highest BCUT2D eigenvalue weighted by Gasteiger charge is 2.46. The molecule has 0 amide bonds. The number of thiophene rings is 1. The van der Waals surface area contributed by atoms with Crippen molar-refractivity contribution in [2.75, 3.05) is 18.5 Å². The third kappa shape index (κ3) is 3.25. The van der Waals surface area contributed by atoms with Crippen LogP contribution in [0.3, 0.4) is 0 Å². The summed E-state index contributed by atoms with van der Waals surface area (Å²) < 4.78 is 8.29. The molecule has 0 aromatic carbocycles. The monoisotopic (exact) mass is 481 g/mol. The Labute approximate surface area is 178 Å². The molecule has 1 saturated heterocycles. The van der Waals surface area contributed by atoms with Crippen molar-refractivity contribution in [3.05, 3.63) is 33.5 Å². The molecule has 1 saturated carbocycles. The number of aliphatic hydroxyl groups excluding tert-OH is 3. The van der Waals surface area contributed by atoms with E-state index in [-0.39, 0.29) is 12.0 Å². The average molecular weight is 482 g/mol. The fourth-order valence-electron chi connectivity index (χ4n) is 3.79. The van der Waals surface area contributed by atoms with Crippen molar-refractivity contribution in [3.8, 4) is 0 Å². The topological polar surface area (TPSA) is 126 Å². The van der Waals surface area contributed by atoms with Crippen LogP contribution in [0.25, 0.3) is 11.2 Å². The maximum Gasteiger partial charge on any atom is 0.167 e. The van der Waals surface area contributed by atoms with Crippen LogP contribution < -0.4 is 5.32 Å². The second-order valence-electron chi connectivity index (χ2n) is 7.51. The van der Waals surface area contributed by atoms with Gasteiger partial charge in [0.15, 0.2) is 23.2 Å². The standard InChI is InChI=1S/C18H20BrN5O4S/c19-11-2-1-10(29-11)18(3-4-18)6-20-15-12-16(22-7-21-15)24(8-23-12)17-14(27)13(26)9(5-25)28-17/h1-2,7-9,13-14,17,25-27H,3-6H2,(H,20,21,22)/t9-,13?,14?,17-/m1/s1. The fourth-order valence-corrected chi connectivity index (χ4v) is 5.42. The number of ether oxygens (including phenoxy) is 1. The molecule has 154 valence electrons. The van der Waals surface area contributed by atoms with E-state index in [1.54, 1.807) is 15.9 Å². The number of hydrogen-bond acceptors (Lipinski definition) is 9. The van der Waals surface area contributed by atoms with E-state index >= 15 is 0 Å². The lowest BCUT2D eigenvalue weighted by molar-refractivity contribution is -0.0511. The number of anilines is 1. The molecule has 4 heterocycles. The summed E-state index contributed by atoms with van der Waals surface area (Å²) in [4.78, 5) is 14.4. The normalized spacial score (nSPS) is 28.1. The van der Waals surface area contributed by atoms with Gasteiger partial charge in [0.25, 0.3) is 0 Å². The first-order valence-corrected chi connectivity index (χ1v) is 10.9. The minimum Gasteiger partial charge on any atom is -0.394 e. The van der Waals surface area contributed by atoms with Crippen molar-refractivity contribution in [1.82, 2.24) is 19.5 Å². The molecule has 1 aliphatic carbocycles. The van der Waals surface area contributed by atoms with E-state index in [1.807, 2.05) is 0 Å². The zero-order chi connectivity index (χ0) is 20.2. The highest BCUT2D eigenvalue weighted by molar-refractivity contribution is 9.11. The van der Waals surface area contributed by atoms with E-state index < -0.39 is 24.5 Å². The number of aromatic nitrogens is 4. The quantitative estimate of drug-likeness (QED) is 0.416. The van der Waals surface area contributed by atoms with Gasteiger partial charge in [-0.15, -0.1) is 11.3 Å². The molecule has 5 rings (SSSR count). The summed E-state index contributed by atoms with van der Waals surface area (Å²) in [5, 5.41) is 33.1. The lowest BCUT2D eigenvalue weighted by Crippen LogP contribution is -2.33. The maximum absolute atomic E-state index is 10.3. The van der Waals surface area contributed by atoms with Gasteiger partial charge < -0.3 is 25.4 Å². The summed E-state index contributed by atoms with van der Waals surface area (Å²) >= 11 is 5.29. The Bertz CT molecular complexity index is 1040. The zero-order valence-corrected chi connectivity index (χ0v) is 17.7. The first-order valence-electron chi connectivity index (χ1n) is 9.32. The Kier molecular flexibility index (Phi) is 4.84. The van der Waals surface area contributed by atoms with Crippen LogP contribution in [0.1, 0.15) is 23.9 Å². The fraction of sp³-hybridized carbons (Fsp3) is 0.500. The molecular formula is C18H20BrN5O4S. The van der Waals surface area contributed by atoms with E-state index in [1.165, 1.54) is 17.5 Å². The molecule has 0 bridgehead atoms. The van der Waals surface area contributed by atoms with Crippen LogP contribution in [0.5, 0.6) is 0 Å². The molecule has 2 aliphatic rings. The first kappa shape index (κ1) is 19.3. The Balaban J connectivity index is 1.40. The van der Waals surface area contributed by atoms with Crippen LogP contribution in [0.2, 0.25) is 0 Å². The Hall–Kier alpha value is -1.63. The molecule has 9 nitrogen and oxygen atoms in total. The molecule has 4 atom stereocenters. The summed E-state index contributed by atoms with van der Waals surface area (Å²) in [5.74, 6) is 0.613. The SMILES string of the molecule is OC[C@H]1O[C@@H](n2cnc3c(NCC4(c5ccc(Br)s5)CC4)ncnc32)C(O)C1O. The molecule has 29 heavy (non-hydrogen) atoms. The van der Waals surface area contributed by atoms with Gasteiger partial charge in [-0.1, -0.05) is 0 Å². The van der Waals surface area contributed by atoms with Crippen LogP contribution >= 0.6 is 27.3 Å². The molecule has 0 radical (unpaired) electrons. The van der Waals surface area contributed by atoms with Crippen molar-refractivity contribution in [2.24, 2.45) is 0 Å². The van der Waals surface area contributed by atoms with E-state index in [0.29, 0.717) is 17.0 Å². The number of nitrogens with one attached hydrogen (secondary N) is 1. The van der Waals surface area contributed by atoms with E-state index in [4.69, 9.17) is 4.74 Å². The first-order chi connectivity index (χ1) is 14.0. The lowest BCUT2D eigenvalue weighted by Gasteiger charge is -2.17. The molecule has 0 spiro atoms. The van der Waals surface area contributed by atoms with Crippen molar-refractivity contribution >= 4 is 44.2 Å². The minimum atomic E-state index is -1.19. The van der Waals surface area contributed by atoms with Gasteiger partial charge in [-0.2, -0.15) is 0 Å². The number of aliphatic hydroxyl groups is 3. The predicted octanol–water partition coefficient (Wildman–Crippen LogP) is 1.41. The second kappa shape index (κ2) is 7.25. The van der Waals surface area contributed by atoms with Gasteiger partial charge in [0, 0.05) is 16.8 Å². The Morgan fingerprint density at radius 1 is 1.24 bits per heavy atom. The van der Waals surface area contributed by atoms with Gasteiger partial charge in [-0.3, -0.25) is 4.57 Å². The third-order valence-electron chi connectivity index (χ3n) is 5.69. The minimum absolute atomic E-state index is 0.125. The summed E-state index contributed by atoms with van der Waals surface area (Å²) in [6, 6.07) is 4.24. The van der Waals surface area contributed by atoms with Crippen molar-refractivity contribution in [3.63, 3.8) is 0 Å². The van der Waals surface area contributed by atoms with Gasteiger partial charge in [-0.25, -0.2) is 15.0 Å². The van der Waals surface area contributed by atoms with Gasteiger partial charge in [0.2, 0.25) is 0 Å². The number of imidazole rings is 1. The Morgan fingerprint density at radius 2 is 2.07 bits per heavy atom. The van der Waals surface area contributed by atoms with E-state index in [9.17, 15) is 15.3 Å². The number of halogens is 1. The molecule has 1 aliphatic heterocycles. The summed E-state index contributed by atoms with van der Waals surface area (Å²) in [6.07, 6.45) is 1.08. The number of rotatable bonds is 6. The molecule has 2 unspecified atom stereocenters. The van der Waals surface area contributed by atoms with Crippen LogP contribution in [-0.2, 0) is 10.2 Å². The largest absolute Gasteiger partial charge is 0.394 e. The number of hydrogen-bond donors (Lipinski definition) is 4. The summed E-state index contributed by atoms with van der Waals surface area (Å²) in [7, 11) is 0. The maximum atomic E-state index is 10.3. The van der Waals surface area contributed by atoms with Crippen LogP contribution in [0.15, 0.2) is 28.6 Å². The third-order valence-corrected chi connectivity index (χ3v) is 7.56. The predicted molar refractivity (Wildman–Crippen MR) is 110 cm³/mol. The van der Waals surface area contributed by atoms with Gasteiger partial charge in [0.1, 0.15) is 24.6 Å². The van der Waals surface area contributed by atoms with Crippen molar-refractivity contribution in [2.45, 2.75) is 42.8 Å². The molecule has 3 aromatic heterocycles. The highest BCUT2D eigenvalue weighted by atomic mass is 79.9. The van der Waals surface area contributed by atoms with E-state index in [2.05, 4.69) is 48.3 Å². The van der Waals surface area contributed by atoms with Crippen LogP contribution in [0.4, 0.5) is 5.82 Å². The molecule has 4 N–H and O–H groups in total. The zero-order valence-electron chi connectivity index (χ0n) is 15.3. The molecule has 3 aromatic rings. The summed E-state index contributed by atoms with van der Waals surface area (Å²) in [5.41, 5.74) is 1.18. The van der Waals surface area contributed by atoms with Gasteiger partial charge in [0.05, 0.1) is 16.7 Å². The van der Waals surface area contributed by atoms with Crippen molar-refractivity contribution in [1.29, 1.82) is 0 Å².